The Morgan fingerprint density at radius 3 is 2.40 bits per heavy atom. The van der Waals surface area contributed by atoms with Gasteiger partial charge in [-0.2, -0.15) is 5.10 Å². The molecular weight excluding hydrogens is 442 g/mol. The summed E-state index contributed by atoms with van der Waals surface area (Å²) in [6, 6.07) is 19.2. The molecule has 5 rings (SSSR count). The van der Waals surface area contributed by atoms with E-state index in [9.17, 15) is 4.79 Å². The predicted molar refractivity (Wildman–Crippen MR) is 136 cm³/mol. The third kappa shape index (κ3) is 5.15. The SMILES string of the molecule is Cc1nc(Nc2ccc(NC(=O)c3cnn(-c4ccccc4)c3C)cc2)cc(N2CCOCC2)n1. The van der Waals surface area contributed by atoms with E-state index in [0.717, 1.165) is 41.8 Å². The highest BCUT2D eigenvalue weighted by atomic mass is 16.5. The molecule has 0 atom stereocenters. The van der Waals surface area contributed by atoms with Gasteiger partial charge < -0.3 is 20.3 Å². The second-order valence-electron chi connectivity index (χ2n) is 8.31. The lowest BCUT2D eigenvalue weighted by Gasteiger charge is -2.28. The number of anilines is 4. The summed E-state index contributed by atoms with van der Waals surface area (Å²) in [5.41, 5.74) is 3.78. The molecule has 0 radical (unpaired) electrons. The van der Waals surface area contributed by atoms with Gasteiger partial charge in [0.2, 0.25) is 0 Å². The largest absolute Gasteiger partial charge is 0.378 e. The van der Waals surface area contributed by atoms with Gasteiger partial charge in [0.15, 0.2) is 0 Å². The number of amides is 1. The van der Waals surface area contributed by atoms with Gasteiger partial charge in [-0.3, -0.25) is 4.79 Å². The summed E-state index contributed by atoms with van der Waals surface area (Å²) < 4.78 is 7.20. The van der Waals surface area contributed by atoms with E-state index in [1.807, 2.05) is 74.5 Å². The summed E-state index contributed by atoms with van der Waals surface area (Å²) in [5.74, 6) is 2.11. The Hall–Kier alpha value is -4.24. The van der Waals surface area contributed by atoms with Gasteiger partial charge in [-0.15, -0.1) is 0 Å². The molecule has 0 bridgehead atoms. The van der Waals surface area contributed by atoms with Crippen molar-refractivity contribution in [1.82, 2.24) is 19.7 Å². The molecule has 1 fully saturated rings. The molecule has 1 saturated heterocycles. The molecule has 2 aromatic carbocycles. The first-order valence-corrected chi connectivity index (χ1v) is 11.5. The van der Waals surface area contributed by atoms with Crippen LogP contribution < -0.4 is 15.5 Å². The van der Waals surface area contributed by atoms with Gasteiger partial charge >= 0.3 is 0 Å². The number of ether oxygens (including phenoxy) is 1. The molecule has 35 heavy (non-hydrogen) atoms. The number of hydrogen-bond acceptors (Lipinski definition) is 7. The van der Waals surface area contributed by atoms with E-state index in [0.29, 0.717) is 30.3 Å². The van der Waals surface area contributed by atoms with Gasteiger partial charge in [0, 0.05) is 30.5 Å². The lowest BCUT2D eigenvalue weighted by atomic mass is 10.2. The van der Waals surface area contributed by atoms with Crippen molar-refractivity contribution in [1.29, 1.82) is 0 Å². The summed E-state index contributed by atoms with van der Waals surface area (Å²) in [6.07, 6.45) is 1.59. The summed E-state index contributed by atoms with van der Waals surface area (Å²) in [6.45, 7) is 6.80. The molecule has 0 saturated carbocycles. The Morgan fingerprint density at radius 2 is 1.66 bits per heavy atom. The fourth-order valence-corrected chi connectivity index (χ4v) is 4.02. The Morgan fingerprint density at radius 1 is 0.943 bits per heavy atom. The Kier molecular flexibility index (Phi) is 6.40. The van der Waals surface area contributed by atoms with Crippen LogP contribution in [0.4, 0.5) is 23.0 Å². The van der Waals surface area contributed by atoms with Crippen LogP contribution in [0.5, 0.6) is 0 Å². The summed E-state index contributed by atoms with van der Waals surface area (Å²) >= 11 is 0. The fourth-order valence-electron chi connectivity index (χ4n) is 4.02. The van der Waals surface area contributed by atoms with E-state index in [-0.39, 0.29) is 5.91 Å². The maximum atomic E-state index is 12.9. The van der Waals surface area contributed by atoms with Gasteiger partial charge in [0.05, 0.1) is 36.4 Å². The molecule has 1 aliphatic rings. The van der Waals surface area contributed by atoms with Crippen LogP contribution in [-0.2, 0) is 4.74 Å². The molecule has 178 valence electrons. The maximum Gasteiger partial charge on any atom is 0.259 e. The smallest absolute Gasteiger partial charge is 0.259 e. The Bertz CT molecular complexity index is 1310. The van der Waals surface area contributed by atoms with E-state index >= 15 is 0 Å². The normalized spacial score (nSPS) is 13.5. The number of carbonyl (C=O) groups excluding carboxylic acids is 1. The third-order valence-electron chi connectivity index (χ3n) is 5.83. The highest BCUT2D eigenvalue weighted by Crippen LogP contribution is 2.23. The summed E-state index contributed by atoms with van der Waals surface area (Å²) in [4.78, 5) is 24.1. The molecule has 1 aliphatic heterocycles. The molecule has 0 spiro atoms. The number of para-hydroxylation sites is 1. The van der Waals surface area contributed by atoms with Crippen LogP contribution >= 0.6 is 0 Å². The topological polar surface area (TPSA) is 97.2 Å². The van der Waals surface area contributed by atoms with E-state index < -0.39 is 0 Å². The molecule has 9 nitrogen and oxygen atoms in total. The second-order valence-corrected chi connectivity index (χ2v) is 8.31. The number of morpholine rings is 1. The molecular formula is C26H27N7O2. The van der Waals surface area contributed by atoms with Gasteiger partial charge in [0.1, 0.15) is 17.5 Å². The number of aryl methyl sites for hydroxylation is 1. The third-order valence-corrected chi connectivity index (χ3v) is 5.83. The molecule has 3 heterocycles. The first-order chi connectivity index (χ1) is 17.1. The second kappa shape index (κ2) is 9.94. The molecule has 0 unspecified atom stereocenters. The number of aromatic nitrogens is 4. The van der Waals surface area contributed by atoms with Crippen LogP contribution in [0.15, 0.2) is 66.9 Å². The zero-order valence-electron chi connectivity index (χ0n) is 19.7. The minimum atomic E-state index is -0.202. The van der Waals surface area contributed by atoms with E-state index in [1.165, 1.54) is 0 Å². The zero-order valence-corrected chi connectivity index (χ0v) is 19.7. The summed E-state index contributed by atoms with van der Waals surface area (Å²) in [7, 11) is 0. The number of nitrogens with one attached hydrogen (secondary N) is 2. The van der Waals surface area contributed by atoms with E-state index in [1.54, 1.807) is 10.9 Å². The van der Waals surface area contributed by atoms with Crippen LogP contribution in [-0.4, -0.2) is 52.0 Å². The lowest BCUT2D eigenvalue weighted by Crippen LogP contribution is -2.36. The minimum Gasteiger partial charge on any atom is -0.378 e. The quantitative estimate of drug-likeness (QED) is 0.439. The number of nitrogens with zero attached hydrogens (tertiary/aromatic N) is 5. The van der Waals surface area contributed by atoms with E-state index in [2.05, 4.69) is 30.6 Å². The minimum absolute atomic E-state index is 0.202. The van der Waals surface area contributed by atoms with Crippen LogP contribution in [0.2, 0.25) is 0 Å². The molecule has 2 N–H and O–H groups in total. The highest BCUT2D eigenvalue weighted by Gasteiger charge is 2.16. The zero-order chi connectivity index (χ0) is 24.2. The van der Waals surface area contributed by atoms with Crippen molar-refractivity contribution < 1.29 is 9.53 Å². The standard InChI is InChI=1S/C26H27N7O2/c1-18-23(17-27-33(18)22-6-4-3-5-7-22)26(34)31-21-10-8-20(9-11-21)30-24-16-25(29-19(2)28-24)32-12-14-35-15-13-32/h3-11,16-17H,12-15H2,1-2H3,(H,31,34)(H,28,29,30). The van der Waals surface area contributed by atoms with Crippen LogP contribution in [0.25, 0.3) is 5.69 Å². The number of hydrogen-bond donors (Lipinski definition) is 2. The number of carbonyl (C=O) groups is 1. The van der Waals surface area contributed by atoms with Crippen molar-refractivity contribution >= 4 is 28.9 Å². The molecule has 2 aromatic heterocycles. The van der Waals surface area contributed by atoms with Crippen molar-refractivity contribution in [2.45, 2.75) is 13.8 Å². The highest BCUT2D eigenvalue weighted by molar-refractivity contribution is 6.05. The molecule has 1 amide bonds. The van der Waals surface area contributed by atoms with Crippen LogP contribution in [0, 0.1) is 13.8 Å². The predicted octanol–water partition coefficient (Wildman–Crippen LogP) is 4.11. The summed E-state index contributed by atoms with van der Waals surface area (Å²) in [5, 5.41) is 10.7. The van der Waals surface area contributed by atoms with Crippen LogP contribution in [0.3, 0.4) is 0 Å². The Labute approximate surface area is 203 Å². The maximum absolute atomic E-state index is 12.9. The van der Waals surface area contributed by atoms with Crippen molar-refractivity contribution in [2.75, 3.05) is 41.8 Å². The number of rotatable bonds is 6. The molecule has 9 heteroatoms. The van der Waals surface area contributed by atoms with Gasteiger partial charge in [-0.1, -0.05) is 18.2 Å². The van der Waals surface area contributed by atoms with Crippen molar-refractivity contribution in [2.24, 2.45) is 0 Å². The Balaban J connectivity index is 1.26. The van der Waals surface area contributed by atoms with Crippen molar-refractivity contribution in [3.05, 3.63) is 83.9 Å². The first-order valence-electron chi connectivity index (χ1n) is 11.5. The number of benzene rings is 2. The average Bonchev–Trinajstić information content (AvgIpc) is 3.27. The monoisotopic (exact) mass is 469 g/mol. The first kappa shape index (κ1) is 22.5. The average molecular weight is 470 g/mol. The van der Waals surface area contributed by atoms with Gasteiger partial charge in [-0.25, -0.2) is 14.6 Å². The van der Waals surface area contributed by atoms with Gasteiger partial charge in [-0.05, 0) is 50.2 Å². The van der Waals surface area contributed by atoms with Crippen LogP contribution in [0.1, 0.15) is 21.9 Å². The fraction of sp³-hybridized carbons (Fsp3) is 0.231. The van der Waals surface area contributed by atoms with E-state index in [4.69, 9.17) is 4.74 Å². The van der Waals surface area contributed by atoms with Gasteiger partial charge in [0.25, 0.3) is 5.91 Å². The van der Waals surface area contributed by atoms with Crippen molar-refractivity contribution in [3.8, 4) is 5.69 Å². The lowest BCUT2D eigenvalue weighted by molar-refractivity contribution is 0.102. The van der Waals surface area contributed by atoms with Crippen molar-refractivity contribution in [3.63, 3.8) is 0 Å². The molecule has 0 aliphatic carbocycles. The molecule has 4 aromatic rings.